The molecule has 1 aliphatic carbocycles. The largest absolute Gasteiger partial charge is 0.493 e. The maximum atomic E-state index is 13.4. The van der Waals surface area contributed by atoms with Crippen LogP contribution in [0.1, 0.15) is 36.0 Å². The molecule has 0 radical (unpaired) electrons. The average Bonchev–Trinajstić information content (AvgIpc) is 3.35. The van der Waals surface area contributed by atoms with Crippen LogP contribution in [-0.2, 0) is 27.5 Å². The van der Waals surface area contributed by atoms with Gasteiger partial charge in [-0.15, -0.1) is 0 Å². The second kappa shape index (κ2) is 12.6. The van der Waals surface area contributed by atoms with Crippen molar-refractivity contribution >= 4 is 40.8 Å². The summed E-state index contributed by atoms with van der Waals surface area (Å²) in [6.45, 7) is 0.799. The lowest BCUT2D eigenvalue weighted by atomic mass is 9.77. The number of halogens is 2. The normalized spacial score (nSPS) is 21.0. The third kappa shape index (κ3) is 5.68. The Bertz CT molecular complexity index is 1350. The number of benzene rings is 2. The molecule has 1 heterocycles. The maximum Gasteiger partial charge on any atom is 0.290 e. The average molecular weight is 593 g/mol. The van der Waals surface area contributed by atoms with Gasteiger partial charge in [0.25, 0.3) is 5.91 Å². The molecule has 4 unspecified atom stereocenters. The molecule has 2 aromatic carbocycles. The summed E-state index contributed by atoms with van der Waals surface area (Å²) < 4.78 is 11.6. The van der Waals surface area contributed by atoms with Gasteiger partial charge in [-0.3, -0.25) is 14.4 Å². The molecular formula is C28H30Cl2N2O8. The summed E-state index contributed by atoms with van der Waals surface area (Å²) in [6.07, 6.45) is -1.02. The Morgan fingerprint density at radius 3 is 2.48 bits per heavy atom. The number of nitrogens with one attached hydrogen (secondary N) is 1. The highest BCUT2D eigenvalue weighted by atomic mass is 35.5. The predicted molar refractivity (Wildman–Crippen MR) is 146 cm³/mol. The molecule has 0 fully saturated rings. The fourth-order valence-corrected chi connectivity index (χ4v) is 5.40. The number of aliphatic hydroxyl groups is 3. The Hall–Kier alpha value is -3.15. The molecule has 0 saturated heterocycles. The minimum Gasteiger partial charge on any atom is -0.493 e. The van der Waals surface area contributed by atoms with E-state index >= 15 is 0 Å². The van der Waals surface area contributed by atoms with Gasteiger partial charge in [-0.2, -0.15) is 0 Å². The van der Waals surface area contributed by atoms with Gasteiger partial charge in [-0.05, 0) is 41.5 Å². The number of fused-ring (bicyclic) bond motifs is 3. The van der Waals surface area contributed by atoms with Gasteiger partial charge in [0.15, 0.2) is 11.5 Å². The molecule has 1 aliphatic heterocycles. The lowest BCUT2D eigenvalue weighted by Gasteiger charge is -2.40. The van der Waals surface area contributed by atoms with Gasteiger partial charge in [0.1, 0.15) is 12.2 Å². The molecule has 0 aromatic heterocycles. The third-order valence-electron chi connectivity index (χ3n) is 7.01. The second-order valence-electron chi connectivity index (χ2n) is 9.48. The molecule has 0 saturated carbocycles. The van der Waals surface area contributed by atoms with E-state index in [-0.39, 0.29) is 43.3 Å². The van der Waals surface area contributed by atoms with Gasteiger partial charge >= 0.3 is 0 Å². The third-order valence-corrected chi connectivity index (χ3v) is 7.75. The topological polar surface area (TPSA) is 146 Å². The number of amides is 2. The minimum absolute atomic E-state index is 0.0330. The molecule has 2 amide bonds. The van der Waals surface area contributed by atoms with E-state index in [9.17, 15) is 29.7 Å². The number of nitrogens with zero attached hydrogens (tertiary/aromatic N) is 1. The molecule has 214 valence electrons. The van der Waals surface area contributed by atoms with E-state index in [1.165, 1.54) is 18.1 Å². The van der Waals surface area contributed by atoms with Crippen LogP contribution in [0.3, 0.4) is 0 Å². The van der Waals surface area contributed by atoms with Crippen LogP contribution >= 0.6 is 23.2 Å². The number of ketones is 1. The summed E-state index contributed by atoms with van der Waals surface area (Å²) in [4.78, 5) is 40.6. The molecule has 0 bridgehead atoms. The molecule has 2 aliphatic rings. The molecule has 4 N–H and O–H groups in total. The van der Waals surface area contributed by atoms with Crippen molar-refractivity contribution < 1.29 is 39.2 Å². The van der Waals surface area contributed by atoms with E-state index in [4.69, 9.17) is 32.7 Å². The van der Waals surface area contributed by atoms with Crippen molar-refractivity contribution in [2.75, 3.05) is 20.3 Å². The first-order valence-electron chi connectivity index (χ1n) is 12.7. The maximum absolute atomic E-state index is 13.4. The SMILES string of the molecule is CCC(=O)C(=O)N(Cc1ccc(Cl)c(Cl)c1)C1C=C(C(=O)NCCO)C2c3cc(CO)cc(OC)c3OC2C1O. The van der Waals surface area contributed by atoms with Crippen LogP contribution < -0.4 is 14.8 Å². The monoisotopic (exact) mass is 592 g/mol. The number of hydrogen-bond donors (Lipinski definition) is 4. The Balaban J connectivity index is 1.84. The van der Waals surface area contributed by atoms with Gasteiger partial charge in [0, 0.05) is 30.6 Å². The number of Topliss-reactive ketones (excluding diaryl/α,β-unsaturated/α-hetero) is 1. The number of hydrogen-bond acceptors (Lipinski definition) is 8. The molecule has 12 heteroatoms. The number of carbonyl (C=O) groups excluding carboxylic acids is 3. The fraction of sp³-hybridized carbons (Fsp3) is 0.393. The van der Waals surface area contributed by atoms with Crippen LogP contribution in [0.2, 0.25) is 10.0 Å². The molecule has 10 nitrogen and oxygen atoms in total. The van der Waals surface area contributed by atoms with E-state index in [0.29, 0.717) is 33.2 Å². The number of carbonyl (C=O) groups is 3. The zero-order chi connectivity index (χ0) is 29.1. The van der Waals surface area contributed by atoms with Crippen molar-refractivity contribution in [1.29, 1.82) is 0 Å². The van der Waals surface area contributed by atoms with Crippen molar-refractivity contribution in [2.45, 2.75) is 50.7 Å². The molecule has 4 atom stereocenters. The van der Waals surface area contributed by atoms with Crippen LogP contribution in [-0.4, -0.2) is 76.3 Å². The van der Waals surface area contributed by atoms with E-state index in [0.717, 1.165) is 0 Å². The van der Waals surface area contributed by atoms with Gasteiger partial charge in [0.05, 0.1) is 42.3 Å². The Kier molecular flexibility index (Phi) is 9.37. The van der Waals surface area contributed by atoms with Crippen LogP contribution in [0.5, 0.6) is 11.5 Å². The molecule has 4 rings (SSSR count). The van der Waals surface area contributed by atoms with Crippen LogP contribution in [0.4, 0.5) is 0 Å². The zero-order valence-corrected chi connectivity index (χ0v) is 23.4. The first kappa shape index (κ1) is 29.8. The standard InChI is InChI=1S/C28H30Cl2N2O8/c1-3-21(35)28(38)32(12-14-4-5-18(29)19(30)9-14)20-11-17(27(37)31-6-7-33)23-16-8-15(13-34)10-22(39-2)25(16)40-26(23)24(20)36/h4-5,8-11,20,23-24,26,33-34,36H,3,6-7,12-13H2,1-2H3,(H,31,37). The zero-order valence-electron chi connectivity index (χ0n) is 21.9. The van der Waals surface area contributed by atoms with E-state index in [1.54, 1.807) is 37.3 Å². The summed E-state index contributed by atoms with van der Waals surface area (Å²) in [5, 5.41) is 33.9. The Labute approximate surface area is 241 Å². The van der Waals surface area contributed by atoms with Crippen LogP contribution in [0.15, 0.2) is 42.0 Å². The van der Waals surface area contributed by atoms with Crippen molar-refractivity contribution in [1.82, 2.24) is 10.2 Å². The van der Waals surface area contributed by atoms with E-state index < -0.39 is 41.8 Å². The fourth-order valence-electron chi connectivity index (χ4n) is 5.08. The highest BCUT2D eigenvalue weighted by molar-refractivity contribution is 6.42. The first-order valence-corrected chi connectivity index (χ1v) is 13.5. The van der Waals surface area contributed by atoms with Crippen LogP contribution in [0.25, 0.3) is 0 Å². The summed E-state index contributed by atoms with van der Waals surface area (Å²) >= 11 is 12.2. The summed E-state index contributed by atoms with van der Waals surface area (Å²) in [5.41, 5.74) is 1.74. The number of methoxy groups -OCH3 is 1. The molecule has 40 heavy (non-hydrogen) atoms. The van der Waals surface area contributed by atoms with Crippen molar-refractivity contribution in [3.8, 4) is 11.5 Å². The molecule has 0 spiro atoms. The van der Waals surface area contributed by atoms with Crippen molar-refractivity contribution in [2.24, 2.45) is 0 Å². The van der Waals surface area contributed by atoms with Crippen molar-refractivity contribution in [3.63, 3.8) is 0 Å². The van der Waals surface area contributed by atoms with E-state index in [2.05, 4.69) is 5.32 Å². The summed E-state index contributed by atoms with van der Waals surface area (Å²) in [5.74, 6) is -2.27. The summed E-state index contributed by atoms with van der Waals surface area (Å²) in [6, 6.07) is 6.87. The second-order valence-corrected chi connectivity index (χ2v) is 10.3. The number of aliphatic hydroxyl groups excluding tert-OH is 3. The van der Waals surface area contributed by atoms with Gasteiger partial charge in [-0.1, -0.05) is 36.2 Å². The Morgan fingerprint density at radius 1 is 1.10 bits per heavy atom. The predicted octanol–water partition coefficient (Wildman–Crippen LogP) is 2.12. The number of rotatable bonds is 10. The smallest absolute Gasteiger partial charge is 0.290 e. The lowest BCUT2D eigenvalue weighted by molar-refractivity contribution is -0.148. The molecule has 2 aromatic rings. The van der Waals surface area contributed by atoms with Gasteiger partial charge in [0.2, 0.25) is 11.7 Å². The highest BCUT2D eigenvalue weighted by Gasteiger charge is 2.51. The lowest BCUT2D eigenvalue weighted by Crippen LogP contribution is -2.56. The van der Waals surface area contributed by atoms with E-state index in [1.807, 2.05) is 0 Å². The van der Waals surface area contributed by atoms with Crippen LogP contribution in [0, 0.1) is 0 Å². The first-order chi connectivity index (χ1) is 19.1. The van der Waals surface area contributed by atoms with Crippen molar-refractivity contribution in [3.05, 3.63) is 68.7 Å². The summed E-state index contributed by atoms with van der Waals surface area (Å²) in [7, 11) is 1.43. The van der Waals surface area contributed by atoms with Gasteiger partial charge < -0.3 is 35.0 Å². The Morgan fingerprint density at radius 2 is 1.85 bits per heavy atom. The molecular weight excluding hydrogens is 563 g/mol. The highest BCUT2D eigenvalue weighted by Crippen LogP contribution is 2.51. The number of ether oxygens (including phenoxy) is 2. The minimum atomic E-state index is -1.37. The van der Waals surface area contributed by atoms with Gasteiger partial charge in [-0.25, -0.2) is 0 Å². The quantitative estimate of drug-likeness (QED) is 0.307.